The molecule has 1 atom stereocenters. The van der Waals surface area contributed by atoms with Crippen LogP contribution < -0.4 is 5.32 Å². The van der Waals surface area contributed by atoms with Crippen LogP contribution in [0, 0.1) is 0 Å². The third kappa shape index (κ3) is 4.24. The van der Waals surface area contributed by atoms with E-state index in [1.807, 2.05) is 37.4 Å². The van der Waals surface area contributed by atoms with Gasteiger partial charge in [0.05, 0.1) is 0 Å². The number of ether oxygens (including phenoxy) is 1. The molecule has 1 N–H and O–H groups in total. The highest BCUT2D eigenvalue weighted by atomic mass is 16.6. The number of carbonyl (C=O) groups excluding carboxylic acids is 1. The molecule has 0 spiro atoms. The molecule has 104 valence electrons. The normalized spacial score (nSPS) is 19.5. The number of amides is 1. The molecule has 1 heterocycles. The predicted octanol–water partition coefficient (Wildman–Crippen LogP) is 2.40. The van der Waals surface area contributed by atoms with Gasteiger partial charge < -0.3 is 15.0 Å². The molecule has 1 aromatic rings. The van der Waals surface area contributed by atoms with E-state index < -0.39 is 0 Å². The molecule has 1 aromatic carbocycles. The predicted molar refractivity (Wildman–Crippen MR) is 74.9 cm³/mol. The van der Waals surface area contributed by atoms with Gasteiger partial charge in [-0.1, -0.05) is 36.8 Å². The number of hydrogen-bond acceptors (Lipinski definition) is 3. The van der Waals surface area contributed by atoms with Crippen LogP contribution in [0.3, 0.4) is 0 Å². The third-order valence-electron chi connectivity index (χ3n) is 3.56. The SMILES string of the molecule is CN(C(=O)OCc1ccccc1)[C@@H]1CCCCNC1. The monoisotopic (exact) mass is 262 g/mol. The topological polar surface area (TPSA) is 41.6 Å². The smallest absolute Gasteiger partial charge is 0.410 e. The van der Waals surface area contributed by atoms with Gasteiger partial charge in [-0.05, 0) is 24.9 Å². The van der Waals surface area contributed by atoms with E-state index in [0.717, 1.165) is 31.5 Å². The van der Waals surface area contributed by atoms with Gasteiger partial charge in [0.1, 0.15) is 6.61 Å². The van der Waals surface area contributed by atoms with E-state index in [2.05, 4.69) is 5.32 Å². The number of nitrogens with zero attached hydrogens (tertiary/aromatic N) is 1. The molecule has 0 bridgehead atoms. The Labute approximate surface area is 114 Å². The number of benzene rings is 1. The van der Waals surface area contributed by atoms with Gasteiger partial charge in [0.15, 0.2) is 0 Å². The minimum atomic E-state index is -0.238. The van der Waals surface area contributed by atoms with Crippen molar-refractivity contribution in [3.8, 4) is 0 Å². The van der Waals surface area contributed by atoms with Crippen LogP contribution in [-0.4, -0.2) is 37.2 Å². The summed E-state index contributed by atoms with van der Waals surface area (Å²) in [5.41, 5.74) is 1.02. The molecular weight excluding hydrogens is 240 g/mol. The molecule has 0 radical (unpaired) electrons. The van der Waals surface area contributed by atoms with Crippen molar-refractivity contribution in [2.75, 3.05) is 20.1 Å². The molecule has 1 saturated heterocycles. The summed E-state index contributed by atoms with van der Waals surface area (Å²) < 4.78 is 5.34. The Morgan fingerprint density at radius 1 is 1.37 bits per heavy atom. The zero-order valence-corrected chi connectivity index (χ0v) is 11.5. The molecule has 0 aliphatic carbocycles. The average Bonchev–Trinajstić information content (AvgIpc) is 2.74. The minimum absolute atomic E-state index is 0.238. The van der Waals surface area contributed by atoms with Gasteiger partial charge in [0.2, 0.25) is 0 Å². The van der Waals surface area contributed by atoms with Gasteiger partial charge in [-0.15, -0.1) is 0 Å². The Bertz CT molecular complexity index is 386. The molecule has 0 saturated carbocycles. The summed E-state index contributed by atoms with van der Waals surface area (Å²) in [7, 11) is 1.82. The highest BCUT2D eigenvalue weighted by Gasteiger charge is 2.21. The standard InChI is InChI=1S/C15H22N2O2/c1-17(14-9-5-6-10-16-11-14)15(18)19-12-13-7-3-2-4-8-13/h2-4,7-8,14,16H,5-6,9-12H2,1H3/t14-/m1/s1. The Morgan fingerprint density at radius 3 is 2.95 bits per heavy atom. The quantitative estimate of drug-likeness (QED) is 0.909. The van der Waals surface area contributed by atoms with Crippen LogP contribution in [0.2, 0.25) is 0 Å². The summed E-state index contributed by atoms with van der Waals surface area (Å²) in [6, 6.07) is 10.0. The Kier molecular flexibility index (Phi) is 5.21. The first-order valence-electron chi connectivity index (χ1n) is 6.91. The molecule has 1 amide bonds. The summed E-state index contributed by atoms with van der Waals surface area (Å²) in [6.07, 6.45) is 3.15. The van der Waals surface area contributed by atoms with E-state index in [1.54, 1.807) is 4.90 Å². The Morgan fingerprint density at radius 2 is 2.16 bits per heavy atom. The molecule has 1 aliphatic heterocycles. The van der Waals surface area contributed by atoms with Crippen molar-refractivity contribution < 1.29 is 9.53 Å². The third-order valence-corrected chi connectivity index (χ3v) is 3.56. The van der Waals surface area contributed by atoms with Crippen LogP contribution in [0.1, 0.15) is 24.8 Å². The molecule has 19 heavy (non-hydrogen) atoms. The zero-order valence-electron chi connectivity index (χ0n) is 11.5. The number of rotatable bonds is 3. The lowest BCUT2D eigenvalue weighted by molar-refractivity contribution is 0.0899. The van der Waals surface area contributed by atoms with Gasteiger partial charge in [-0.3, -0.25) is 0 Å². The van der Waals surface area contributed by atoms with Crippen molar-refractivity contribution in [1.29, 1.82) is 0 Å². The summed E-state index contributed by atoms with van der Waals surface area (Å²) in [5.74, 6) is 0. The van der Waals surface area contributed by atoms with Crippen LogP contribution in [0.25, 0.3) is 0 Å². The fourth-order valence-electron chi connectivity index (χ4n) is 2.30. The zero-order chi connectivity index (χ0) is 13.5. The van der Waals surface area contributed by atoms with Crippen molar-refractivity contribution >= 4 is 6.09 Å². The lowest BCUT2D eigenvalue weighted by Gasteiger charge is -2.26. The van der Waals surface area contributed by atoms with Crippen molar-refractivity contribution in [2.24, 2.45) is 0 Å². The largest absolute Gasteiger partial charge is 0.445 e. The first-order chi connectivity index (χ1) is 9.27. The van der Waals surface area contributed by atoms with Gasteiger partial charge in [0, 0.05) is 19.6 Å². The van der Waals surface area contributed by atoms with E-state index in [-0.39, 0.29) is 12.1 Å². The number of likely N-dealkylation sites (N-methyl/N-ethyl adjacent to an activating group) is 1. The fraction of sp³-hybridized carbons (Fsp3) is 0.533. The summed E-state index contributed by atoms with van der Waals surface area (Å²) in [6.45, 7) is 2.24. The molecule has 2 rings (SSSR count). The van der Waals surface area contributed by atoms with E-state index >= 15 is 0 Å². The second-order valence-electron chi connectivity index (χ2n) is 5.00. The Hall–Kier alpha value is -1.55. The lowest BCUT2D eigenvalue weighted by atomic mass is 10.1. The van der Waals surface area contributed by atoms with Crippen molar-refractivity contribution in [2.45, 2.75) is 31.9 Å². The van der Waals surface area contributed by atoms with Crippen molar-refractivity contribution in [3.63, 3.8) is 0 Å². The maximum atomic E-state index is 12.0. The van der Waals surface area contributed by atoms with Gasteiger partial charge in [-0.25, -0.2) is 4.79 Å². The maximum absolute atomic E-state index is 12.0. The van der Waals surface area contributed by atoms with Gasteiger partial charge >= 0.3 is 6.09 Å². The molecule has 4 nitrogen and oxygen atoms in total. The molecule has 1 aliphatic rings. The van der Waals surface area contributed by atoms with E-state index in [1.165, 1.54) is 6.42 Å². The molecular formula is C15H22N2O2. The number of nitrogens with one attached hydrogen (secondary N) is 1. The molecule has 0 unspecified atom stereocenters. The second kappa shape index (κ2) is 7.14. The van der Waals surface area contributed by atoms with Gasteiger partial charge in [-0.2, -0.15) is 0 Å². The van der Waals surface area contributed by atoms with Crippen LogP contribution >= 0.6 is 0 Å². The average molecular weight is 262 g/mol. The van der Waals surface area contributed by atoms with E-state index in [4.69, 9.17) is 4.74 Å². The lowest BCUT2D eigenvalue weighted by Crippen LogP contribution is -2.42. The van der Waals surface area contributed by atoms with Crippen LogP contribution in [0.15, 0.2) is 30.3 Å². The highest BCUT2D eigenvalue weighted by molar-refractivity contribution is 5.67. The molecule has 1 fully saturated rings. The first kappa shape index (κ1) is 13.9. The summed E-state index contributed by atoms with van der Waals surface area (Å²) in [4.78, 5) is 13.7. The van der Waals surface area contributed by atoms with Crippen LogP contribution in [0.4, 0.5) is 4.79 Å². The summed E-state index contributed by atoms with van der Waals surface area (Å²) in [5, 5.41) is 3.36. The van der Waals surface area contributed by atoms with Crippen LogP contribution in [-0.2, 0) is 11.3 Å². The number of carbonyl (C=O) groups is 1. The molecule has 4 heteroatoms. The second-order valence-corrected chi connectivity index (χ2v) is 5.00. The van der Waals surface area contributed by atoms with Crippen molar-refractivity contribution in [3.05, 3.63) is 35.9 Å². The summed E-state index contributed by atoms with van der Waals surface area (Å²) >= 11 is 0. The molecule has 0 aromatic heterocycles. The first-order valence-corrected chi connectivity index (χ1v) is 6.91. The van der Waals surface area contributed by atoms with E-state index in [9.17, 15) is 4.79 Å². The highest BCUT2D eigenvalue weighted by Crippen LogP contribution is 2.11. The van der Waals surface area contributed by atoms with E-state index in [0.29, 0.717) is 6.61 Å². The minimum Gasteiger partial charge on any atom is -0.445 e. The Balaban J connectivity index is 1.81. The van der Waals surface area contributed by atoms with Gasteiger partial charge in [0.25, 0.3) is 0 Å². The number of hydrogen-bond donors (Lipinski definition) is 1. The van der Waals surface area contributed by atoms with Crippen molar-refractivity contribution in [1.82, 2.24) is 10.2 Å². The van der Waals surface area contributed by atoms with Crippen LogP contribution in [0.5, 0.6) is 0 Å². The fourth-order valence-corrected chi connectivity index (χ4v) is 2.30. The maximum Gasteiger partial charge on any atom is 0.410 e.